The Morgan fingerprint density at radius 3 is 2.50 bits per heavy atom. The highest BCUT2D eigenvalue weighted by Gasteiger charge is 2.40. The molecule has 0 aromatic heterocycles. The molecule has 2 fully saturated rings. The summed E-state index contributed by atoms with van der Waals surface area (Å²) in [6, 6.07) is 12.3. The molecular formula is C27H31BrN2O3S. The highest BCUT2D eigenvalue weighted by molar-refractivity contribution is 9.10. The molecule has 5 nitrogen and oxygen atoms in total. The number of nitrogens with zero attached hydrogens (tertiary/aromatic N) is 2. The van der Waals surface area contributed by atoms with Gasteiger partial charge in [-0.25, -0.2) is 0 Å². The van der Waals surface area contributed by atoms with E-state index in [9.17, 15) is 4.79 Å². The number of rotatable bonds is 7. The topological polar surface area (TPSA) is 42.0 Å². The normalized spacial score (nSPS) is 18.2. The molecule has 0 bridgehead atoms. The van der Waals surface area contributed by atoms with Gasteiger partial charge >= 0.3 is 0 Å². The summed E-state index contributed by atoms with van der Waals surface area (Å²) in [7, 11) is 1.87. The van der Waals surface area contributed by atoms with Gasteiger partial charge in [-0.1, -0.05) is 49.1 Å². The van der Waals surface area contributed by atoms with Crippen LogP contribution in [0, 0.1) is 6.92 Å². The lowest BCUT2D eigenvalue weighted by Gasteiger charge is -2.30. The molecule has 0 N–H and O–H groups in total. The van der Waals surface area contributed by atoms with Crippen LogP contribution in [-0.2, 0) is 11.4 Å². The van der Waals surface area contributed by atoms with Gasteiger partial charge in [-0.3, -0.25) is 9.69 Å². The second-order valence-corrected chi connectivity index (χ2v) is 10.1. The Labute approximate surface area is 215 Å². The van der Waals surface area contributed by atoms with Crippen LogP contribution in [0.15, 0.2) is 46.6 Å². The number of carbonyl (C=O) groups excluding carboxylic acids is 1. The largest absolute Gasteiger partial charge is 0.490 e. The molecule has 0 unspecified atom stereocenters. The second kappa shape index (κ2) is 10.9. The van der Waals surface area contributed by atoms with Gasteiger partial charge in [0.15, 0.2) is 16.6 Å². The first-order valence-electron chi connectivity index (χ1n) is 11.9. The monoisotopic (exact) mass is 542 g/mol. The standard InChI is InChI=1S/C27H31BrN2O3S/c1-4-32-24-16-20(14-22(28)25(24)33-17-19-12-10-18(2)11-13-19)15-23-26(31)30(27(34)29(23)3)21-8-6-5-7-9-21/h10-16,21H,4-9,17H2,1-3H3/b23-15-. The lowest BCUT2D eigenvalue weighted by molar-refractivity contribution is -0.124. The van der Waals surface area contributed by atoms with Crippen LogP contribution in [0.4, 0.5) is 0 Å². The smallest absolute Gasteiger partial charge is 0.277 e. The van der Waals surface area contributed by atoms with Crippen molar-refractivity contribution in [2.45, 2.75) is 58.6 Å². The Hall–Kier alpha value is -2.38. The van der Waals surface area contributed by atoms with Gasteiger partial charge in [0.05, 0.1) is 11.1 Å². The van der Waals surface area contributed by atoms with Gasteiger partial charge in [-0.2, -0.15) is 0 Å². The number of amides is 1. The molecule has 0 radical (unpaired) electrons. The molecule has 1 amide bonds. The van der Waals surface area contributed by atoms with E-state index >= 15 is 0 Å². The van der Waals surface area contributed by atoms with E-state index in [2.05, 4.69) is 47.1 Å². The Kier molecular flexibility index (Phi) is 7.94. The van der Waals surface area contributed by atoms with Crippen LogP contribution in [0.1, 0.15) is 55.7 Å². The number of hydrogen-bond acceptors (Lipinski definition) is 4. The molecule has 1 aliphatic carbocycles. The van der Waals surface area contributed by atoms with Crippen molar-refractivity contribution in [1.29, 1.82) is 0 Å². The number of benzene rings is 2. The molecule has 0 atom stereocenters. The minimum absolute atomic E-state index is 0.0202. The third-order valence-corrected chi connectivity index (χ3v) is 7.43. The SMILES string of the molecule is CCOc1cc(/C=C2/C(=O)N(C3CCCCC3)C(=S)N2C)cc(Br)c1OCc1ccc(C)cc1. The van der Waals surface area contributed by atoms with Crippen molar-refractivity contribution < 1.29 is 14.3 Å². The van der Waals surface area contributed by atoms with E-state index in [0.717, 1.165) is 41.3 Å². The summed E-state index contributed by atoms with van der Waals surface area (Å²) >= 11 is 9.30. The van der Waals surface area contributed by atoms with Gasteiger partial charge in [0.2, 0.25) is 0 Å². The molecule has 1 saturated heterocycles. The average molecular weight is 544 g/mol. The first kappa shape index (κ1) is 24.7. The Morgan fingerprint density at radius 1 is 1.12 bits per heavy atom. The minimum atomic E-state index is -0.0202. The van der Waals surface area contributed by atoms with Crippen molar-refractivity contribution in [3.8, 4) is 11.5 Å². The summed E-state index contributed by atoms with van der Waals surface area (Å²) in [6.07, 6.45) is 7.44. The molecule has 7 heteroatoms. The minimum Gasteiger partial charge on any atom is -0.490 e. The van der Waals surface area contributed by atoms with Gasteiger partial charge in [-0.15, -0.1) is 0 Å². The summed E-state index contributed by atoms with van der Waals surface area (Å²) in [6.45, 7) is 4.95. The summed E-state index contributed by atoms with van der Waals surface area (Å²) < 4.78 is 12.8. The third kappa shape index (κ3) is 5.31. The Morgan fingerprint density at radius 2 is 1.82 bits per heavy atom. The maximum Gasteiger partial charge on any atom is 0.277 e. The molecule has 180 valence electrons. The number of halogens is 1. The highest BCUT2D eigenvalue weighted by atomic mass is 79.9. The van der Waals surface area contributed by atoms with Gasteiger partial charge in [0, 0.05) is 13.1 Å². The molecule has 1 saturated carbocycles. The van der Waals surface area contributed by atoms with Crippen molar-refractivity contribution in [3.05, 3.63) is 63.3 Å². The number of hydrogen-bond donors (Lipinski definition) is 0. The predicted octanol–water partition coefficient (Wildman–Crippen LogP) is 6.47. The van der Waals surface area contributed by atoms with E-state index in [0.29, 0.717) is 35.5 Å². The maximum atomic E-state index is 13.3. The molecule has 4 rings (SSSR count). The van der Waals surface area contributed by atoms with Crippen molar-refractivity contribution in [1.82, 2.24) is 9.80 Å². The summed E-state index contributed by atoms with van der Waals surface area (Å²) in [4.78, 5) is 17.0. The highest BCUT2D eigenvalue weighted by Crippen LogP contribution is 2.39. The number of thiocarbonyl (C=S) groups is 1. The Bertz CT molecular complexity index is 1090. The van der Waals surface area contributed by atoms with Crippen molar-refractivity contribution in [2.24, 2.45) is 0 Å². The van der Waals surface area contributed by atoms with Crippen molar-refractivity contribution in [2.75, 3.05) is 13.7 Å². The fraction of sp³-hybridized carbons (Fsp3) is 0.407. The molecule has 34 heavy (non-hydrogen) atoms. The van der Waals surface area contributed by atoms with Gasteiger partial charge in [0.25, 0.3) is 5.91 Å². The zero-order valence-electron chi connectivity index (χ0n) is 20.0. The second-order valence-electron chi connectivity index (χ2n) is 8.88. The summed E-state index contributed by atoms with van der Waals surface area (Å²) in [5.41, 5.74) is 3.73. The van der Waals surface area contributed by atoms with E-state index in [4.69, 9.17) is 21.7 Å². The Balaban J connectivity index is 1.59. The number of aryl methyl sites for hydroxylation is 1. The molecule has 2 aromatic rings. The summed E-state index contributed by atoms with van der Waals surface area (Å²) in [5.74, 6) is 1.26. The third-order valence-electron chi connectivity index (χ3n) is 6.37. The van der Waals surface area contributed by atoms with E-state index < -0.39 is 0 Å². The van der Waals surface area contributed by atoms with E-state index in [-0.39, 0.29) is 11.9 Å². The average Bonchev–Trinajstić information content (AvgIpc) is 3.03. The van der Waals surface area contributed by atoms with Crippen LogP contribution in [-0.4, -0.2) is 40.5 Å². The van der Waals surface area contributed by atoms with Gasteiger partial charge in [-0.05, 0) is 84.2 Å². The van der Waals surface area contributed by atoms with Crippen LogP contribution in [0.2, 0.25) is 0 Å². The fourth-order valence-electron chi connectivity index (χ4n) is 4.51. The van der Waals surface area contributed by atoms with Crippen LogP contribution in [0.5, 0.6) is 11.5 Å². The first-order chi connectivity index (χ1) is 16.4. The molecule has 2 aromatic carbocycles. The fourth-order valence-corrected chi connectivity index (χ4v) is 5.41. The van der Waals surface area contributed by atoms with E-state index in [1.165, 1.54) is 12.0 Å². The molecule has 1 heterocycles. The van der Waals surface area contributed by atoms with Crippen LogP contribution in [0.25, 0.3) is 6.08 Å². The maximum absolute atomic E-state index is 13.3. The number of likely N-dealkylation sites (N-methyl/N-ethyl adjacent to an activating group) is 1. The lowest BCUT2D eigenvalue weighted by Crippen LogP contribution is -2.41. The van der Waals surface area contributed by atoms with Gasteiger partial charge in [0.1, 0.15) is 12.3 Å². The quantitative estimate of drug-likeness (QED) is 0.296. The summed E-state index contributed by atoms with van der Waals surface area (Å²) in [5, 5.41) is 0.588. The lowest BCUT2D eigenvalue weighted by atomic mass is 9.94. The van der Waals surface area contributed by atoms with E-state index in [1.54, 1.807) is 0 Å². The zero-order valence-corrected chi connectivity index (χ0v) is 22.4. The van der Waals surface area contributed by atoms with Crippen LogP contribution < -0.4 is 9.47 Å². The molecule has 1 aliphatic heterocycles. The van der Waals surface area contributed by atoms with Crippen LogP contribution >= 0.6 is 28.1 Å². The van der Waals surface area contributed by atoms with Crippen molar-refractivity contribution in [3.63, 3.8) is 0 Å². The number of carbonyl (C=O) groups is 1. The molecule has 2 aliphatic rings. The molecule has 0 spiro atoms. The van der Waals surface area contributed by atoms with Crippen molar-refractivity contribution >= 4 is 45.2 Å². The van der Waals surface area contributed by atoms with Gasteiger partial charge < -0.3 is 14.4 Å². The first-order valence-corrected chi connectivity index (χ1v) is 13.1. The number of ether oxygens (including phenoxy) is 2. The molecular weight excluding hydrogens is 512 g/mol. The predicted molar refractivity (Wildman–Crippen MR) is 143 cm³/mol. The van der Waals surface area contributed by atoms with E-state index in [1.807, 2.05) is 42.0 Å². The van der Waals surface area contributed by atoms with Crippen LogP contribution in [0.3, 0.4) is 0 Å². The zero-order chi connectivity index (χ0) is 24.2.